The summed E-state index contributed by atoms with van der Waals surface area (Å²) in [4.78, 5) is 3.85. The van der Waals surface area contributed by atoms with E-state index >= 15 is 0 Å². The Balaban J connectivity index is 0. The summed E-state index contributed by atoms with van der Waals surface area (Å²) in [6.45, 7) is 15.7. The van der Waals surface area contributed by atoms with Crippen LogP contribution in [0.25, 0.3) is 6.08 Å². The third kappa shape index (κ3) is 5.47. The molecule has 0 atom stereocenters. The Morgan fingerprint density at radius 1 is 1.25 bits per heavy atom. The van der Waals surface area contributed by atoms with Gasteiger partial charge in [0, 0.05) is 6.54 Å². The lowest BCUT2D eigenvalue weighted by molar-refractivity contribution is 1.07. The summed E-state index contributed by atoms with van der Waals surface area (Å²) in [7, 11) is 0. The largest absolute Gasteiger partial charge is 0.326 e. The normalized spacial score (nSPS) is 7.81. The summed E-state index contributed by atoms with van der Waals surface area (Å²) < 4.78 is 0. The fourth-order valence-electron chi connectivity index (χ4n) is 1.04. The summed E-state index contributed by atoms with van der Waals surface area (Å²) in [5.41, 5.74) is 8.39. The minimum absolute atomic E-state index is 0.540. The van der Waals surface area contributed by atoms with Crippen molar-refractivity contribution >= 4 is 18.5 Å². The third-order valence-electron chi connectivity index (χ3n) is 1.72. The SMILES string of the molecule is C=Cc1cc(CN)ccc1N=C.CC.CC. The van der Waals surface area contributed by atoms with Gasteiger partial charge in [-0.2, -0.15) is 0 Å². The van der Waals surface area contributed by atoms with E-state index in [0.29, 0.717) is 6.54 Å². The van der Waals surface area contributed by atoms with Crippen LogP contribution in [-0.4, -0.2) is 6.72 Å². The van der Waals surface area contributed by atoms with Crippen molar-refractivity contribution in [2.24, 2.45) is 10.7 Å². The molecule has 0 heterocycles. The van der Waals surface area contributed by atoms with Crippen LogP contribution in [0, 0.1) is 0 Å². The molecule has 0 radical (unpaired) electrons. The van der Waals surface area contributed by atoms with Crippen molar-refractivity contribution in [1.29, 1.82) is 0 Å². The highest BCUT2D eigenvalue weighted by molar-refractivity contribution is 5.65. The molecule has 0 spiro atoms. The summed E-state index contributed by atoms with van der Waals surface area (Å²) in [5.74, 6) is 0. The second-order valence-corrected chi connectivity index (χ2v) is 2.46. The molecule has 0 aliphatic heterocycles. The molecule has 0 aromatic heterocycles. The van der Waals surface area contributed by atoms with E-state index in [4.69, 9.17) is 5.73 Å². The quantitative estimate of drug-likeness (QED) is 0.763. The maximum Gasteiger partial charge on any atom is 0.0694 e. The van der Waals surface area contributed by atoms with Crippen LogP contribution >= 0.6 is 0 Å². The Morgan fingerprint density at radius 3 is 2.19 bits per heavy atom. The van der Waals surface area contributed by atoms with Gasteiger partial charge < -0.3 is 5.73 Å². The van der Waals surface area contributed by atoms with Gasteiger partial charge >= 0.3 is 0 Å². The Labute approximate surface area is 99.9 Å². The highest BCUT2D eigenvalue weighted by Crippen LogP contribution is 2.20. The van der Waals surface area contributed by atoms with E-state index in [2.05, 4.69) is 18.3 Å². The van der Waals surface area contributed by atoms with Gasteiger partial charge in [-0.3, -0.25) is 4.99 Å². The van der Waals surface area contributed by atoms with Gasteiger partial charge in [0.05, 0.1) is 5.69 Å². The average molecular weight is 220 g/mol. The second-order valence-electron chi connectivity index (χ2n) is 2.46. The molecule has 0 fully saturated rings. The maximum absolute atomic E-state index is 5.48. The van der Waals surface area contributed by atoms with Crippen molar-refractivity contribution in [1.82, 2.24) is 0 Å². The average Bonchev–Trinajstić information content (AvgIpc) is 2.42. The molecule has 0 unspecified atom stereocenters. The lowest BCUT2D eigenvalue weighted by atomic mass is 10.1. The molecular weight excluding hydrogens is 196 g/mol. The van der Waals surface area contributed by atoms with Crippen LogP contribution in [0.3, 0.4) is 0 Å². The topological polar surface area (TPSA) is 38.4 Å². The van der Waals surface area contributed by atoms with Crippen molar-refractivity contribution in [3.63, 3.8) is 0 Å². The Morgan fingerprint density at radius 2 is 1.81 bits per heavy atom. The van der Waals surface area contributed by atoms with Gasteiger partial charge in [-0.15, -0.1) is 0 Å². The predicted molar refractivity (Wildman–Crippen MR) is 76.3 cm³/mol. The molecule has 90 valence electrons. The molecule has 0 bridgehead atoms. The first-order valence-corrected chi connectivity index (χ1v) is 5.74. The van der Waals surface area contributed by atoms with Crippen molar-refractivity contribution in [3.8, 4) is 0 Å². The summed E-state index contributed by atoms with van der Waals surface area (Å²) >= 11 is 0. The lowest BCUT2D eigenvalue weighted by Gasteiger charge is -2.02. The molecule has 2 nitrogen and oxygen atoms in total. The molecule has 1 aromatic rings. The fraction of sp³-hybridized carbons (Fsp3) is 0.357. The molecule has 2 N–H and O–H groups in total. The first-order chi connectivity index (χ1) is 7.81. The van der Waals surface area contributed by atoms with E-state index in [1.807, 2.05) is 45.9 Å². The lowest BCUT2D eigenvalue weighted by Crippen LogP contribution is -1.95. The number of hydrogen-bond donors (Lipinski definition) is 1. The van der Waals surface area contributed by atoms with Crippen molar-refractivity contribution in [3.05, 3.63) is 35.9 Å². The van der Waals surface area contributed by atoms with E-state index < -0.39 is 0 Å². The predicted octanol–water partition coefficient (Wildman–Crippen LogP) is 4.17. The van der Waals surface area contributed by atoms with Crippen LogP contribution in [0.15, 0.2) is 29.8 Å². The van der Waals surface area contributed by atoms with Crippen LogP contribution in [0.1, 0.15) is 38.8 Å². The zero-order chi connectivity index (χ0) is 13.0. The number of nitrogens with zero attached hydrogens (tertiary/aromatic N) is 1. The molecule has 0 saturated carbocycles. The number of benzene rings is 1. The maximum atomic E-state index is 5.48. The van der Waals surface area contributed by atoms with Gasteiger partial charge in [0.15, 0.2) is 0 Å². The first kappa shape index (κ1) is 17.0. The number of aliphatic imine (C=N–C) groups is 1. The highest BCUT2D eigenvalue weighted by Gasteiger charge is 1.97. The monoisotopic (exact) mass is 220 g/mol. The second kappa shape index (κ2) is 11.7. The number of hydrogen-bond acceptors (Lipinski definition) is 2. The first-order valence-electron chi connectivity index (χ1n) is 5.74. The Kier molecular flexibility index (Phi) is 12.4. The Bertz CT molecular complexity index is 304. The fourth-order valence-corrected chi connectivity index (χ4v) is 1.04. The highest BCUT2D eigenvalue weighted by atomic mass is 14.7. The van der Waals surface area contributed by atoms with Crippen molar-refractivity contribution in [2.45, 2.75) is 34.2 Å². The number of nitrogens with two attached hydrogens (primary N) is 1. The smallest absolute Gasteiger partial charge is 0.0694 e. The van der Waals surface area contributed by atoms with Gasteiger partial charge in [-0.05, 0) is 30.0 Å². The molecule has 0 amide bonds. The number of rotatable bonds is 3. The van der Waals surface area contributed by atoms with E-state index in [9.17, 15) is 0 Å². The Hall–Kier alpha value is -1.41. The molecule has 0 saturated heterocycles. The van der Waals surface area contributed by atoms with Crippen molar-refractivity contribution < 1.29 is 0 Å². The molecule has 2 heteroatoms. The van der Waals surface area contributed by atoms with Gasteiger partial charge in [0.1, 0.15) is 0 Å². The van der Waals surface area contributed by atoms with E-state index in [1.165, 1.54) is 0 Å². The van der Waals surface area contributed by atoms with Crippen LogP contribution in [-0.2, 0) is 6.54 Å². The summed E-state index contributed by atoms with van der Waals surface area (Å²) in [6.07, 6.45) is 1.75. The van der Waals surface area contributed by atoms with Gasteiger partial charge in [-0.25, -0.2) is 0 Å². The van der Waals surface area contributed by atoms with E-state index in [-0.39, 0.29) is 0 Å². The van der Waals surface area contributed by atoms with Gasteiger partial charge in [-0.1, -0.05) is 46.4 Å². The molecular formula is C14H24N2. The standard InChI is InChI=1S/C10H12N2.2C2H6/c1-3-9-6-8(7-11)4-5-10(9)12-2;2*1-2/h3-6H,1-2,7,11H2;2*1-2H3. The zero-order valence-electron chi connectivity index (χ0n) is 11.0. The third-order valence-corrected chi connectivity index (χ3v) is 1.72. The summed E-state index contributed by atoms with van der Waals surface area (Å²) in [6, 6.07) is 5.81. The molecule has 1 rings (SSSR count). The minimum Gasteiger partial charge on any atom is -0.326 e. The van der Waals surface area contributed by atoms with Crippen LogP contribution in [0.4, 0.5) is 5.69 Å². The molecule has 16 heavy (non-hydrogen) atoms. The zero-order valence-corrected chi connectivity index (χ0v) is 11.0. The van der Waals surface area contributed by atoms with Gasteiger partial charge in [0.25, 0.3) is 0 Å². The summed E-state index contributed by atoms with van der Waals surface area (Å²) in [5, 5.41) is 0. The molecule has 0 aliphatic rings. The minimum atomic E-state index is 0.540. The van der Waals surface area contributed by atoms with Crippen LogP contribution in [0.2, 0.25) is 0 Å². The van der Waals surface area contributed by atoms with E-state index in [1.54, 1.807) is 6.08 Å². The van der Waals surface area contributed by atoms with Crippen LogP contribution in [0.5, 0.6) is 0 Å². The van der Waals surface area contributed by atoms with E-state index in [0.717, 1.165) is 16.8 Å². The van der Waals surface area contributed by atoms with Crippen molar-refractivity contribution in [2.75, 3.05) is 0 Å². The van der Waals surface area contributed by atoms with Gasteiger partial charge in [0.2, 0.25) is 0 Å². The molecule has 1 aromatic carbocycles. The molecule has 0 aliphatic carbocycles. The van der Waals surface area contributed by atoms with Crippen LogP contribution < -0.4 is 5.73 Å².